The van der Waals surface area contributed by atoms with Gasteiger partial charge in [0.2, 0.25) is 0 Å². The van der Waals surface area contributed by atoms with Crippen molar-refractivity contribution in [3.63, 3.8) is 0 Å². The van der Waals surface area contributed by atoms with Crippen LogP contribution in [-0.4, -0.2) is 12.1 Å². The lowest BCUT2D eigenvalue weighted by molar-refractivity contribution is -0.0611. The first-order chi connectivity index (χ1) is 9.99. The van der Waals surface area contributed by atoms with Crippen LogP contribution in [0.15, 0.2) is 28.7 Å². The summed E-state index contributed by atoms with van der Waals surface area (Å²) in [5, 5.41) is 0. The quantitative estimate of drug-likeness (QED) is 0.801. The predicted octanol–water partition coefficient (Wildman–Crippen LogP) is 5.07. The van der Waals surface area contributed by atoms with E-state index in [0.717, 1.165) is 35.6 Å². The van der Waals surface area contributed by atoms with Crippen LogP contribution in [0.2, 0.25) is 0 Å². The van der Waals surface area contributed by atoms with E-state index in [9.17, 15) is 0 Å². The van der Waals surface area contributed by atoms with E-state index in [1.807, 2.05) is 0 Å². The summed E-state index contributed by atoms with van der Waals surface area (Å²) >= 11 is 3.49. The zero-order valence-electron chi connectivity index (χ0n) is 13.4. The van der Waals surface area contributed by atoms with E-state index in [-0.39, 0.29) is 12.1 Å². The lowest BCUT2D eigenvalue weighted by Gasteiger charge is -2.35. The van der Waals surface area contributed by atoms with Crippen LogP contribution in [0.25, 0.3) is 0 Å². The first kappa shape index (κ1) is 17.0. The van der Waals surface area contributed by atoms with Gasteiger partial charge in [-0.1, -0.05) is 48.8 Å². The zero-order chi connectivity index (χ0) is 15.4. The lowest BCUT2D eigenvalue weighted by Crippen LogP contribution is -2.35. The fourth-order valence-electron chi connectivity index (χ4n) is 3.48. The molecular weight excluding hydrogens is 326 g/mol. The van der Waals surface area contributed by atoms with E-state index < -0.39 is 0 Å². The molecule has 0 aromatic heterocycles. The number of benzene rings is 1. The second-order valence-corrected chi connectivity index (χ2v) is 7.64. The highest BCUT2D eigenvalue weighted by Gasteiger charge is 2.29. The Balaban J connectivity index is 2.11. The maximum atomic E-state index is 6.47. The van der Waals surface area contributed by atoms with Gasteiger partial charge in [-0.05, 0) is 55.2 Å². The van der Waals surface area contributed by atoms with Gasteiger partial charge in [0.15, 0.2) is 0 Å². The average Bonchev–Trinajstić information content (AvgIpc) is 2.44. The third kappa shape index (κ3) is 4.80. The summed E-state index contributed by atoms with van der Waals surface area (Å²) in [6.07, 6.45) is 4.92. The number of hydrogen-bond acceptors (Lipinski definition) is 2. The van der Waals surface area contributed by atoms with Crippen molar-refractivity contribution in [2.24, 2.45) is 17.6 Å². The smallest absolute Gasteiger partial charge is 0.0979 e. The van der Waals surface area contributed by atoms with Gasteiger partial charge in [0.1, 0.15) is 0 Å². The summed E-state index contributed by atoms with van der Waals surface area (Å²) in [6.45, 7) is 6.80. The molecule has 2 N–H and O–H groups in total. The maximum Gasteiger partial charge on any atom is 0.0979 e. The van der Waals surface area contributed by atoms with Crippen LogP contribution in [0.4, 0.5) is 0 Å². The molecule has 1 saturated carbocycles. The first-order valence-corrected chi connectivity index (χ1v) is 8.95. The van der Waals surface area contributed by atoms with Crippen molar-refractivity contribution in [1.29, 1.82) is 0 Å². The van der Waals surface area contributed by atoms with E-state index >= 15 is 0 Å². The molecule has 1 aromatic rings. The first-order valence-electron chi connectivity index (χ1n) is 8.16. The van der Waals surface area contributed by atoms with Crippen LogP contribution in [0.3, 0.4) is 0 Å². The summed E-state index contributed by atoms with van der Waals surface area (Å²) < 4.78 is 7.56. The summed E-state index contributed by atoms with van der Waals surface area (Å²) in [7, 11) is 0. The van der Waals surface area contributed by atoms with Crippen molar-refractivity contribution in [2.45, 2.75) is 64.7 Å². The molecule has 1 fully saturated rings. The van der Waals surface area contributed by atoms with E-state index in [1.54, 1.807) is 0 Å². The van der Waals surface area contributed by atoms with Gasteiger partial charge in [0.05, 0.1) is 12.2 Å². The Kier molecular flexibility index (Phi) is 6.27. The standard InChI is InChI=1S/C18H28BrNO/c1-4-17(20)18(14-5-7-15(19)8-6-14)21-16-10-12(2)9-13(3)11-16/h5-8,12-13,16-18H,4,9-11,20H2,1-3H3. The SMILES string of the molecule is CCC(N)C(OC1CC(C)CC(C)C1)c1ccc(Br)cc1. The third-order valence-corrected chi connectivity index (χ3v) is 5.06. The third-order valence-electron chi connectivity index (χ3n) is 4.53. The molecular formula is C18H28BrNO. The van der Waals surface area contributed by atoms with Crippen molar-refractivity contribution < 1.29 is 4.74 Å². The largest absolute Gasteiger partial charge is 0.369 e. The number of hydrogen-bond donors (Lipinski definition) is 1. The van der Waals surface area contributed by atoms with Crippen LogP contribution in [0, 0.1) is 11.8 Å². The fourth-order valence-corrected chi connectivity index (χ4v) is 3.75. The van der Waals surface area contributed by atoms with Crippen molar-refractivity contribution in [3.8, 4) is 0 Å². The molecule has 0 spiro atoms. The summed E-state index contributed by atoms with van der Waals surface area (Å²) in [4.78, 5) is 0. The molecule has 1 aliphatic rings. The Labute approximate surface area is 137 Å². The zero-order valence-corrected chi connectivity index (χ0v) is 15.0. The maximum absolute atomic E-state index is 6.47. The molecule has 4 unspecified atom stereocenters. The van der Waals surface area contributed by atoms with Crippen LogP contribution in [0.5, 0.6) is 0 Å². The molecule has 3 heteroatoms. The predicted molar refractivity (Wildman–Crippen MR) is 92.2 cm³/mol. The monoisotopic (exact) mass is 353 g/mol. The Morgan fingerprint density at radius 1 is 1.14 bits per heavy atom. The van der Waals surface area contributed by atoms with Crippen molar-refractivity contribution in [1.82, 2.24) is 0 Å². The van der Waals surface area contributed by atoms with E-state index in [4.69, 9.17) is 10.5 Å². The fraction of sp³-hybridized carbons (Fsp3) is 0.667. The van der Waals surface area contributed by atoms with Gasteiger partial charge in [-0.3, -0.25) is 0 Å². The van der Waals surface area contributed by atoms with Crippen LogP contribution in [-0.2, 0) is 4.74 Å². The molecule has 0 saturated heterocycles. The molecule has 2 nitrogen and oxygen atoms in total. The van der Waals surface area contributed by atoms with Crippen LogP contribution < -0.4 is 5.73 Å². The molecule has 118 valence electrons. The summed E-state index contributed by atoms with van der Waals surface area (Å²) in [5.41, 5.74) is 7.53. The van der Waals surface area contributed by atoms with Gasteiger partial charge in [-0.25, -0.2) is 0 Å². The second-order valence-electron chi connectivity index (χ2n) is 6.72. The highest BCUT2D eigenvalue weighted by Crippen LogP contribution is 2.34. The minimum atomic E-state index is 0.00519. The molecule has 0 aliphatic heterocycles. The molecule has 1 aliphatic carbocycles. The van der Waals surface area contributed by atoms with Crippen molar-refractivity contribution >= 4 is 15.9 Å². The molecule has 1 aromatic carbocycles. The number of ether oxygens (including phenoxy) is 1. The molecule has 0 amide bonds. The highest BCUT2D eigenvalue weighted by atomic mass is 79.9. The Morgan fingerprint density at radius 2 is 1.71 bits per heavy atom. The molecule has 0 bridgehead atoms. The number of halogens is 1. The van der Waals surface area contributed by atoms with E-state index in [1.165, 1.54) is 12.0 Å². The van der Waals surface area contributed by atoms with Gasteiger partial charge in [0.25, 0.3) is 0 Å². The molecule has 4 atom stereocenters. The summed E-state index contributed by atoms with van der Waals surface area (Å²) in [5.74, 6) is 1.50. The molecule has 0 heterocycles. The van der Waals surface area contributed by atoms with Gasteiger partial charge in [0, 0.05) is 10.5 Å². The van der Waals surface area contributed by atoms with Gasteiger partial charge in [-0.15, -0.1) is 0 Å². The number of rotatable bonds is 5. The minimum absolute atomic E-state index is 0.00519. The topological polar surface area (TPSA) is 35.2 Å². The van der Waals surface area contributed by atoms with Gasteiger partial charge in [-0.2, -0.15) is 0 Å². The van der Waals surface area contributed by atoms with E-state index in [2.05, 4.69) is 61.0 Å². The van der Waals surface area contributed by atoms with Crippen LogP contribution in [0.1, 0.15) is 58.1 Å². The average molecular weight is 354 g/mol. The Bertz CT molecular complexity index is 423. The van der Waals surface area contributed by atoms with Gasteiger partial charge < -0.3 is 10.5 Å². The Morgan fingerprint density at radius 3 is 2.24 bits per heavy atom. The van der Waals surface area contributed by atoms with Crippen LogP contribution >= 0.6 is 15.9 Å². The minimum Gasteiger partial charge on any atom is -0.369 e. The lowest BCUT2D eigenvalue weighted by atomic mass is 9.81. The highest BCUT2D eigenvalue weighted by molar-refractivity contribution is 9.10. The molecule has 0 radical (unpaired) electrons. The van der Waals surface area contributed by atoms with Crippen molar-refractivity contribution in [3.05, 3.63) is 34.3 Å². The second kappa shape index (κ2) is 7.75. The van der Waals surface area contributed by atoms with Crippen molar-refractivity contribution in [2.75, 3.05) is 0 Å². The molecule has 2 rings (SSSR count). The molecule has 21 heavy (non-hydrogen) atoms. The van der Waals surface area contributed by atoms with Gasteiger partial charge >= 0.3 is 0 Å². The normalized spacial score (nSPS) is 29.1. The van der Waals surface area contributed by atoms with E-state index in [0.29, 0.717) is 6.10 Å². The summed E-state index contributed by atoms with van der Waals surface area (Å²) in [6, 6.07) is 8.44. The number of nitrogens with two attached hydrogens (primary N) is 1. The Hall–Kier alpha value is -0.380.